The maximum atomic E-state index is 13.2. The van der Waals surface area contributed by atoms with Crippen LogP contribution in [0.15, 0.2) is 47.2 Å². The molecule has 8 N–H and O–H groups in total. The Morgan fingerprint density at radius 2 is 1.94 bits per heavy atom. The fourth-order valence-corrected chi connectivity index (χ4v) is 5.62. The number of nitrogen functional groups attached to an aromatic ring is 1. The number of carbonyl (C=O) groups excluding carboxylic acids is 2. The van der Waals surface area contributed by atoms with Gasteiger partial charge in [0.2, 0.25) is 16.6 Å². The molecule has 19 nitrogen and oxygen atoms in total. The number of aromatic nitrogens is 3. The highest BCUT2D eigenvalue weighted by molar-refractivity contribution is 7.80. The SMILES string of the molecule is CC1(C)[C@H](NC(=O)/C(=N\OC(COc2ccc(-c3cn(CCCN)[n+](CCN)c3)cc2)C(=O)O)c2csc(N)n2)C(=O)N1OS(=O)(=O)[O-]. The molecule has 1 aliphatic heterocycles. The number of anilines is 1. The fourth-order valence-electron chi connectivity index (χ4n) is 4.62. The van der Waals surface area contributed by atoms with Gasteiger partial charge in [-0.3, -0.25) is 9.59 Å². The third-order valence-electron chi connectivity index (χ3n) is 7.09. The van der Waals surface area contributed by atoms with E-state index in [2.05, 4.69) is 19.7 Å². The van der Waals surface area contributed by atoms with E-state index in [0.717, 1.165) is 35.4 Å². The number of aryl methyl sites for hydroxylation is 1. The molecule has 2 amide bonds. The van der Waals surface area contributed by atoms with E-state index in [-0.39, 0.29) is 10.8 Å². The lowest BCUT2D eigenvalue weighted by atomic mass is 9.84. The van der Waals surface area contributed by atoms with Crippen molar-refractivity contribution in [3.05, 3.63) is 47.7 Å². The van der Waals surface area contributed by atoms with Crippen molar-refractivity contribution in [1.82, 2.24) is 20.0 Å². The summed E-state index contributed by atoms with van der Waals surface area (Å²) in [6.45, 7) is 4.54. The van der Waals surface area contributed by atoms with Crippen LogP contribution in [0.25, 0.3) is 11.1 Å². The Morgan fingerprint density at radius 1 is 1.23 bits per heavy atom. The summed E-state index contributed by atoms with van der Waals surface area (Å²) in [5.41, 5.74) is 16.8. The number of nitrogens with two attached hydrogens (primary N) is 3. The smallest absolute Gasteiger partial charge is 0.351 e. The van der Waals surface area contributed by atoms with Gasteiger partial charge in [-0.1, -0.05) is 17.3 Å². The van der Waals surface area contributed by atoms with E-state index in [0.29, 0.717) is 30.4 Å². The van der Waals surface area contributed by atoms with Gasteiger partial charge in [0.1, 0.15) is 24.1 Å². The molecule has 1 unspecified atom stereocenters. The number of nitrogens with one attached hydrogen (secondary N) is 1. The number of benzene rings is 1. The number of carbonyl (C=O) groups is 3. The molecule has 0 radical (unpaired) electrons. The number of hydroxylamine groups is 2. The number of aliphatic carboxylic acids is 1. The first-order valence-electron chi connectivity index (χ1n) is 14.4. The van der Waals surface area contributed by atoms with E-state index in [1.165, 1.54) is 19.2 Å². The molecule has 1 aliphatic rings. The van der Waals surface area contributed by atoms with Gasteiger partial charge in [-0.15, -0.1) is 16.0 Å². The van der Waals surface area contributed by atoms with Crippen LogP contribution < -0.4 is 31.9 Å². The lowest BCUT2D eigenvalue weighted by Gasteiger charge is -2.51. The summed E-state index contributed by atoms with van der Waals surface area (Å²) in [6.07, 6.45) is 3.07. The zero-order chi connectivity index (χ0) is 35.2. The molecule has 3 aromatic rings. The fraction of sp³-hybridized carbons (Fsp3) is 0.407. The van der Waals surface area contributed by atoms with Crippen LogP contribution in [0.2, 0.25) is 0 Å². The normalized spacial score (nSPS) is 16.7. The zero-order valence-corrected chi connectivity index (χ0v) is 27.5. The topological polar surface area (TPSA) is 284 Å². The highest BCUT2D eigenvalue weighted by atomic mass is 32.3. The number of hydrogen-bond acceptors (Lipinski definition) is 15. The Morgan fingerprint density at radius 3 is 2.50 bits per heavy atom. The molecular formula is C27H35N9O10S2. The molecule has 48 heavy (non-hydrogen) atoms. The van der Waals surface area contributed by atoms with Crippen molar-refractivity contribution in [2.75, 3.05) is 25.4 Å². The van der Waals surface area contributed by atoms with Gasteiger partial charge >= 0.3 is 5.97 Å². The van der Waals surface area contributed by atoms with Crippen LogP contribution in [0.3, 0.4) is 0 Å². The number of ether oxygens (including phenoxy) is 1. The van der Waals surface area contributed by atoms with Crippen LogP contribution >= 0.6 is 11.3 Å². The summed E-state index contributed by atoms with van der Waals surface area (Å²) in [6, 6.07) is 5.56. The number of amides is 2. The van der Waals surface area contributed by atoms with Crippen LogP contribution in [0.4, 0.5) is 5.13 Å². The zero-order valence-electron chi connectivity index (χ0n) is 25.8. The Kier molecular flexibility index (Phi) is 11.3. The molecule has 1 saturated heterocycles. The minimum Gasteiger partial charge on any atom is -0.724 e. The first-order chi connectivity index (χ1) is 22.6. The molecule has 2 atom stereocenters. The summed E-state index contributed by atoms with van der Waals surface area (Å²) in [4.78, 5) is 46.9. The Balaban J connectivity index is 1.45. The highest BCUT2D eigenvalue weighted by Crippen LogP contribution is 2.33. The molecule has 260 valence electrons. The third kappa shape index (κ3) is 8.62. The molecule has 2 aromatic heterocycles. The number of carboxylic acid groups (broad SMARTS) is 1. The second-order valence-electron chi connectivity index (χ2n) is 10.9. The first kappa shape index (κ1) is 36.2. The number of thiazole rings is 1. The monoisotopic (exact) mass is 709 g/mol. The molecule has 3 heterocycles. The van der Waals surface area contributed by atoms with Crippen LogP contribution in [0.5, 0.6) is 5.75 Å². The maximum absolute atomic E-state index is 13.2. The van der Waals surface area contributed by atoms with E-state index in [4.69, 9.17) is 26.8 Å². The molecule has 1 fully saturated rings. The van der Waals surface area contributed by atoms with Gasteiger partial charge in [0.05, 0.1) is 30.4 Å². The van der Waals surface area contributed by atoms with Crippen molar-refractivity contribution in [3.63, 3.8) is 0 Å². The second kappa shape index (κ2) is 15.0. The van der Waals surface area contributed by atoms with Crippen molar-refractivity contribution in [2.45, 2.75) is 51.0 Å². The summed E-state index contributed by atoms with van der Waals surface area (Å²) in [5.74, 6) is -3.20. The largest absolute Gasteiger partial charge is 0.724 e. The van der Waals surface area contributed by atoms with Gasteiger partial charge in [0.15, 0.2) is 17.4 Å². The summed E-state index contributed by atoms with van der Waals surface area (Å²) in [7, 11) is -5.27. The van der Waals surface area contributed by atoms with Gasteiger partial charge in [-0.2, -0.15) is 14.0 Å². The Hall–Kier alpha value is -4.67. The second-order valence-corrected chi connectivity index (χ2v) is 12.8. The predicted molar refractivity (Wildman–Crippen MR) is 167 cm³/mol. The molecule has 1 aromatic carbocycles. The van der Waals surface area contributed by atoms with Crippen LogP contribution in [0, 0.1) is 0 Å². The number of nitrogens with zero attached hydrogens (tertiary/aromatic N) is 5. The number of oxime groups is 1. The summed E-state index contributed by atoms with van der Waals surface area (Å²) >= 11 is 0.951. The first-order valence-corrected chi connectivity index (χ1v) is 16.6. The molecule has 4 rings (SSSR count). The molecule has 21 heteroatoms. The Labute approximate surface area is 278 Å². The predicted octanol–water partition coefficient (Wildman–Crippen LogP) is -1.46. The van der Waals surface area contributed by atoms with Crippen molar-refractivity contribution in [2.24, 2.45) is 16.6 Å². The van der Waals surface area contributed by atoms with Gasteiger partial charge < -0.3 is 41.8 Å². The van der Waals surface area contributed by atoms with Crippen LogP contribution in [-0.4, -0.2) is 93.7 Å². The molecule has 0 bridgehead atoms. The van der Waals surface area contributed by atoms with E-state index < -0.39 is 58.2 Å². The lowest BCUT2D eigenvalue weighted by molar-refractivity contribution is -0.773. The number of β-lactam (4-membered cyclic amide) rings is 1. The summed E-state index contributed by atoms with van der Waals surface area (Å²) < 4.78 is 46.8. The van der Waals surface area contributed by atoms with E-state index in [9.17, 15) is 32.5 Å². The lowest BCUT2D eigenvalue weighted by Crippen LogP contribution is -2.76. The van der Waals surface area contributed by atoms with Crippen molar-refractivity contribution in [1.29, 1.82) is 0 Å². The number of hydrogen-bond donors (Lipinski definition) is 5. The van der Waals surface area contributed by atoms with Crippen LogP contribution in [0.1, 0.15) is 26.0 Å². The molecule has 0 spiro atoms. The summed E-state index contributed by atoms with van der Waals surface area (Å²) in [5, 5.41) is 17.5. The standard InChI is InChI=1S/C27H35N9O10S2/c1-27(2)22(24(38)36(27)46-48(41,42)43)32-23(37)21(19-15-47-26(30)31-19)33-45-20(25(39)40)14-44-18-6-4-16(5-7-18)17-12-34(10-3-8-28)35(13-17)11-9-29/h4-7,12-13,15,20,22H,3,8-11,14,28-29H2,1-2H3,(H4-,30,31,32,37,39,40,41,42,43)/b33-21-/t20?,22-/m1/s1. The van der Waals surface area contributed by atoms with Crippen molar-refractivity contribution < 1.29 is 51.0 Å². The quantitative estimate of drug-likeness (QED) is 0.0267. The van der Waals surface area contributed by atoms with E-state index in [1.807, 2.05) is 21.8 Å². The van der Waals surface area contributed by atoms with Crippen molar-refractivity contribution in [3.8, 4) is 16.9 Å². The van der Waals surface area contributed by atoms with Gasteiger partial charge in [-0.05, 0) is 44.5 Å². The van der Waals surface area contributed by atoms with E-state index in [1.54, 1.807) is 24.3 Å². The van der Waals surface area contributed by atoms with Crippen molar-refractivity contribution >= 4 is 50.4 Å². The average Bonchev–Trinajstić information content (AvgIpc) is 3.64. The van der Waals surface area contributed by atoms with Gasteiger partial charge in [0, 0.05) is 5.38 Å². The highest BCUT2D eigenvalue weighted by Gasteiger charge is 2.57. The molecular weight excluding hydrogens is 674 g/mol. The Bertz CT molecular complexity index is 1770. The molecule has 0 aliphatic carbocycles. The number of rotatable bonds is 17. The van der Waals surface area contributed by atoms with E-state index >= 15 is 0 Å². The van der Waals surface area contributed by atoms with Crippen LogP contribution in [-0.2, 0) is 47.0 Å². The minimum absolute atomic E-state index is 0.0497. The van der Waals surface area contributed by atoms with Gasteiger partial charge in [0.25, 0.3) is 17.9 Å². The minimum atomic E-state index is -5.27. The van der Waals surface area contributed by atoms with Gasteiger partial charge in [-0.25, -0.2) is 18.2 Å². The average molecular weight is 710 g/mol. The maximum Gasteiger partial charge on any atom is 0.351 e. The number of carboxylic acids is 1. The third-order valence-corrected chi connectivity index (χ3v) is 8.09. The molecule has 0 saturated carbocycles.